The number of nitrogens with zero attached hydrogens (tertiary/aromatic N) is 2. The van der Waals surface area contributed by atoms with Crippen LogP contribution in [0.2, 0.25) is 0 Å². The Morgan fingerprint density at radius 1 is 0.959 bits per heavy atom. The number of carbonyl (C=O) groups is 1. The molecule has 5 rings (SSSR count). The normalized spacial score (nSPS) is 12.9. The summed E-state index contributed by atoms with van der Waals surface area (Å²) in [6, 6.07) is 16.8. The molecular formula is C32H28F3N3O8S3. The summed E-state index contributed by atoms with van der Waals surface area (Å²) in [4.78, 5) is 23.5. The van der Waals surface area contributed by atoms with Gasteiger partial charge in [-0.05, 0) is 62.4 Å². The molecule has 0 fully saturated rings. The maximum Gasteiger partial charge on any atom is 0.422 e. The molecule has 0 aliphatic rings. The van der Waals surface area contributed by atoms with E-state index in [-0.39, 0.29) is 59.2 Å². The molecule has 3 aromatic carbocycles. The number of esters is 1. The van der Waals surface area contributed by atoms with Crippen LogP contribution in [0.4, 0.5) is 13.2 Å². The van der Waals surface area contributed by atoms with Gasteiger partial charge in [-0.25, -0.2) is 21.6 Å². The lowest BCUT2D eigenvalue weighted by atomic mass is 10.2. The lowest BCUT2D eigenvalue weighted by molar-refractivity contribution is -0.153. The van der Waals surface area contributed by atoms with Crippen LogP contribution < -0.4 is 4.74 Å². The van der Waals surface area contributed by atoms with Gasteiger partial charge >= 0.3 is 17.3 Å². The topological polar surface area (TPSA) is 168 Å². The lowest BCUT2D eigenvalue weighted by Gasteiger charge is -2.14. The average molecular weight is 736 g/mol. The molecule has 0 aliphatic carbocycles. The number of nitrogens with one attached hydrogen (secondary N) is 1. The Kier molecular flexibility index (Phi) is 10.4. The number of sulfone groups is 2. The molecule has 0 amide bonds. The van der Waals surface area contributed by atoms with E-state index < -0.39 is 62.0 Å². The second kappa shape index (κ2) is 14.2. The molecule has 0 spiro atoms. The molecule has 49 heavy (non-hydrogen) atoms. The molecule has 2 heterocycles. The van der Waals surface area contributed by atoms with Crippen molar-refractivity contribution in [2.75, 3.05) is 19.0 Å². The summed E-state index contributed by atoms with van der Waals surface area (Å²) in [5, 5.41) is -0.0987. The third-order valence-corrected chi connectivity index (χ3v) is 11.9. The van der Waals surface area contributed by atoms with Gasteiger partial charge in [-0.3, -0.25) is 9.97 Å². The van der Waals surface area contributed by atoms with E-state index in [2.05, 4.69) is 15.0 Å². The monoisotopic (exact) mass is 735 g/mol. The van der Waals surface area contributed by atoms with Crippen LogP contribution in [0.5, 0.6) is 5.75 Å². The van der Waals surface area contributed by atoms with Crippen molar-refractivity contribution in [3.63, 3.8) is 0 Å². The Morgan fingerprint density at radius 3 is 2.39 bits per heavy atom. The van der Waals surface area contributed by atoms with E-state index in [0.29, 0.717) is 0 Å². The number of aryl methyl sites for hydroxylation is 1. The molecule has 2 aromatic heterocycles. The minimum Gasteiger partial charge on any atom is -0.609 e. The first kappa shape index (κ1) is 35.8. The third kappa shape index (κ3) is 8.41. The number of halogens is 3. The van der Waals surface area contributed by atoms with Gasteiger partial charge in [0, 0.05) is 22.9 Å². The summed E-state index contributed by atoms with van der Waals surface area (Å²) in [6.45, 7) is 1.32. The molecular weight excluding hydrogens is 708 g/mol. The first-order valence-corrected chi connectivity index (χ1v) is 18.8. The maximum atomic E-state index is 13.8. The Balaban J connectivity index is 1.32. The van der Waals surface area contributed by atoms with Crippen LogP contribution in [-0.4, -0.2) is 67.5 Å². The zero-order valence-corrected chi connectivity index (χ0v) is 28.3. The zero-order chi connectivity index (χ0) is 35.6. The fourth-order valence-electron chi connectivity index (χ4n) is 4.63. The average Bonchev–Trinajstić information content (AvgIpc) is 3.50. The number of aromatic nitrogens is 3. The number of carbonyl (C=O) groups excluding carboxylic acids is 1. The zero-order valence-electron chi connectivity index (χ0n) is 25.9. The number of hydrogen-bond acceptors (Lipinski definition) is 10. The SMILES string of the molecule is Cc1ccc(S(=O)(=O)CCOC(=O)c2cccc(S(=O)(=O)c3cccc4[nH]c([S+]([O-])Cc5nccc(OCC(F)(F)F)c5C)nc34)c2)cc1. The minimum atomic E-state index is -4.55. The predicted molar refractivity (Wildman–Crippen MR) is 172 cm³/mol. The molecule has 11 nitrogen and oxygen atoms in total. The molecule has 0 bridgehead atoms. The van der Waals surface area contributed by atoms with Crippen LogP contribution in [0.15, 0.2) is 98.8 Å². The number of pyridine rings is 1. The summed E-state index contributed by atoms with van der Waals surface area (Å²) < 4.78 is 114. The summed E-state index contributed by atoms with van der Waals surface area (Å²) in [5.74, 6) is -1.73. The molecule has 17 heteroatoms. The van der Waals surface area contributed by atoms with Gasteiger partial charge in [-0.15, -0.1) is 0 Å². The molecule has 1 atom stereocenters. The van der Waals surface area contributed by atoms with Crippen molar-refractivity contribution < 1.29 is 48.8 Å². The number of fused-ring (bicyclic) bond motifs is 1. The van der Waals surface area contributed by atoms with E-state index in [4.69, 9.17) is 9.47 Å². The summed E-state index contributed by atoms with van der Waals surface area (Å²) in [5.41, 5.74) is 1.41. The number of para-hydroxylation sites is 1. The van der Waals surface area contributed by atoms with Gasteiger partial charge in [0.05, 0.1) is 37.2 Å². The van der Waals surface area contributed by atoms with Crippen molar-refractivity contribution in [3.8, 4) is 5.75 Å². The standard InChI is InChI=1S/C32H28F3N3O8S3/c1-20-9-11-23(12-10-20)48(41,42)16-15-45-30(39)22-5-3-6-24(17-22)49(43,44)28-8-4-7-25-29(28)38-31(37-25)47(40)18-26-21(2)27(13-14-36-26)46-19-32(33,34)35/h3-14,17H,15-16,18-19H2,1-2H3,(H,37,38). The number of H-pyrrole nitrogens is 1. The quantitative estimate of drug-likeness (QED) is 0.131. The van der Waals surface area contributed by atoms with E-state index in [9.17, 15) is 39.4 Å². The summed E-state index contributed by atoms with van der Waals surface area (Å²) in [6.07, 6.45) is -3.32. The highest BCUT2D eigenvalue weighted by Crippen LogP contribution is 2.30. The van der Waals surface area contributed by atoms with Crippen molar-refractivity contribution in [2.24, 2.45) is 0 Å². The maximum absolute atomic E-state index is 13.8. The Hall–Kier alpha value is -4.45. The van der Waals surface area contributed by atoms with Gasteiger partial charge in [-0.2, -0.15) is 18.2 Å². The highest BCUT2D eigenvalue weighted by molar-refractivity contribution is 7.92. The fourth-order valence-corrected chi connectivity index (χ4v) is 8.27. The molecule has 0 saturated heterocycles. The van der Waals surface area contributed by atoms with Crippen LogP contribution in [0.3, 0.4) is 0 Å². The van der Waals surface area contributed by atoms with Crippen LogP contribution in [0.1, 0.15) is 27.2 Å². The number of benzene rings is 3. The van der Waals surface area contributed by atoms with Crippen molar-refractivity contribution in [1.82, 2.24) is 15.0 Å². The molecule has 1 unspecified atom stereocenters. The first-order valence-electron chi connectivity index (χ1n) is 14.4. The predicted octanol–water partition coefficient (Wildman–Crippen LogP) is 5.29. The highest BCUT2D eigenvalue weighted by Gasteiger charge is 2.30. The molecule has 0 aliphatic heterocycles. The van der Waals surface area contributed by atoms with E-state index in [1.165, 1.54) is 67.7 Å². The van der Waals surface area contributed by atoms with E-state index in [1.54, 1.807) is 12.1 Å². The van der Waals surface area contributed by atoms with Crippen LogP contribution >= 0.6 is 0 Å². The van der Waals surface area contributed by atoms with Crippen LogP contribution in [0, 0.1) is 13.8 Å². The van der Waals surface area contributed by atoms with Crippen molar-refractivity contribution in [2.45, 2.75) is 45.6 Å². The fraction of sp³-hybridized carbons (Fsp3) is 0.219. The number of alkyl halides is 3. The Morgan fingerprint density at radius 2 is 1.67 bits per heavy atom. The smallest absolute Gasteiger partial charge is 0.422 e. The van der Waals surface area contributed by atoms with Crippen molar-refractivity contribution >= 4 is 47.9 Å². The molecule has 0 saturated carbocycles. The highest BCUT2D eigenvalue weighted by atomic mass is 32.2. The summed E-state index contributed by atoms with van der Waals surface area (Å²) >= 11 is -1.93. The first-order chi connectivity index (χ1) is 23.0. The minimum absolute atomic E-state index is 0.0351. The van der Waals surface area contributed by atoms with Gasteiger partial charge in [0.1, 0.15) is 17.9 Å². The Bertz CT molecular complexity index is 2220. The molecule has 1 N–H and O–H groups in total. The number of ether oxygens (including phenoxy) is 2. The number of hydrogen-bond donors (Lipinski definition) is 1. The van der Waals surface area contributed by atoms with Gasteiger partial charge < -0.3 is 14.0 Å². The molecule has 0 radical (unpaired) electrons. The second-order valence-corrected chi connectivity index (χ2v) is 16.2. The van der Waals surface area contributed by atoms with Gasteiger partial charge in [0.15, 0.2) is 22.2 Å². The van der Waals surface area contributed by atoms with Crippen LogP contribution in [0.25, 0.3) is 11.0 Å². The van der Waals surface area contributed by atoms with Crippen LogP contribution in [-0.2, 0) is 41.3 Å². The van der Waals surface area contributed by atoms with Gasteiger partial charge in [0.25, 0.3) is 0 Å². The van der Waals surface area contributed by atoms with Crippen molar-refractivity contribution in [1.29, 1.82) is 0 Å². The number of rotatable bonds is 12. The number of imidazole rings is 1. The number of aromatic amines is 1. The largest absolute Gasteiger partial charge is 0.609 e. The van der Waals surface area contributed by atoms with Gasteiger partial charge in [-0.1, -0.05) is 29.8 Å². The second-order valence-electron chi connectivity index (χ2n) is 10.8. The third-order valence-electron chi connectivity index (χ3n) is 7.22. The Labute approximate surface area is 282 Å². The van der Waals surface area contributed by atoms with E-state index >= 15 is 0 Å². The van der Waals surface area contributed by atoms with E-state index in [1.807, 2.05) is 6.92 Å². The molecule has 258 valence electrons. The summed E-state index contributed by atoms with van der Waals surface area (Å²) in [7, 11) is -8.04. The van der Waals surface area contributed by atoms with Crippen molar-refractivity contribution in [3.05, 3.63) is 101 Å². The van der Waals surface area contributed by atoms with Gasteiger partial charge in [0.2, 0.25) is 9.84 Å². The lowest BCUT2D eigenvalue weighted by Crippen LogP contribution is -2.20. The van der Waals surface area contributed by atoms with E-state index in [0.717, 1.165) is 11.6 Å². The molecule has 5 aromatic rings.